The zero-order valence-corrected chi connectivity index (χ0v) is 13.2. The number of likely N-dealkylation sites (N-methyl/N-ethyl adjacent to an activating group) is 1. The van der Waals surface area contributed by atoms with Gasteiger partial charge in [-0.2, -0.15) is 0 Å². The van der Waals surface area contributed by atoms with E-state index in [0.717, 1.165) is 36.8 Å². The van der Waals surface area contributed by atoms with Crippen LogP contribution in [0.2, 0.25) is 0 Å². The molecular formula is C17H26N2O2. The SMILES string of the molecule is Cc1cccc([C@@H](C(=O)NC2(CO)CCCC2)N(C)C)c1. The lowest BCUT2D eigenvalue weighted by Gasteiger charge is -2.32. The number of aliphatic hydroxyl groups is 1. The minimum absolute atomic E-state index is 0.0205. The van der Waals surface area contributed by atoms with Gasteiger partial charge in [-0.3, -0.25) is 9.69 Å². The number of carbonyl (C=O) groups is 1. The van der Waals surface area contributed by atoms with Crippen molar-refractivity contribution in [1.29, 1.82) is 0 Å². The van der Waals surface area contributed by atoms with Crippen LogP contribution >= 0.6 is 0 Å². The number of carbonyl (C=O) groups excluding carboxylic acids is 1. The van der Waals surface area contributed by atoms with Crippen molar-refractivity contribution in [3.8, 4) is 0 Å². The normalized spacial score (nSPS) is 18.7. The maximum absolute atomic E-state index is 12.8. The van der Waals surface area contributed by atoms with Crippen molar-refractivity contribution >= 4 is 5.91 Å². The zero-order chi connectivity index (χ0) is 15.5. The lowest BCUT2D eigenvalue weighted by atomic mass is 9.96. The Kier molecular flexibility index (Phi) is 5.01. The average Bonchev–Trinajstić information content (AvgIpc) is 2.87. The van der Waals surface area contributed by atoms with Crippen LogP contribution in [0.15, 0.2) is 24.3 Å². The third kappa shape index (κ3) is 3.63. The van der Waals surface area contributed by atoms with Gasteiger partial charge in [0.05, 0.1) is 12.1 Å². The number of hydrogen-bond donors (Lipinski definition) is 2. The van der Waals surface area contributed by atoms with Gasteiger partial charge >= 0.3 is 0 Å². The Morgan fingerprint density at radius 3 is 2.57 bits per heavy atom. The van der Waals surface area contributed by atoms with E-state index >= 15 is 0 Å². The van der Waals surface area contributed by atoms with E-state index in [1.807, 2.05) is 50.2 Å². The van der Waals surface area contributed by atoms with Gasteiger partial charge in [-0.05, 0) is 39.4 Å². The van der Waals surface area contributed by atoms with Gasteiger partial charge in [0, 0.05) is 0 Å². The van der Waals surface area contributed by atoms with Crippen LogP contribution in [0.1, 0.15) is 42.9 Å². The van der Waals surface area contributed by atoms with Gasteiger partial charge in [0.15, 0.2) is 0 Å². The Bertz CT molecular complexity index is 493. The second-order valence-electron chi connectivity index (χ2n) is 6.42. The number of aryl methyl sites for hydroxylation is 1. The minimum atomic E-state index is -0.421. The average molecular weight is 290 g/mol. The van der Waals surface area contributed by atoms with Crippen LogP contribution in [0.25, 0.3) is 0 Å². The summed E-state index contributed by atoms with van der Waals surface area (Å²) < 4.78 is 0. The van der Waals surface area contributed by atoms with Gasteiger partial charge in [-0.1, -0.05) is 42.7 Å². The summed E-state index contributed by atoms with van der Waals surface area (Å²) in [5.41, 5.74) is 1.71. The number of aliphatic hydroxyl groups excluding tert-OH is 1. The second kappa shape index (κ2) is 6.58. The van der Waals surface area contributed by atoms with Gasteiger partial charge in [0.2, 0.25) is 5.91 Å². The molecule has 2 N–H and O–H groups in total. The van der Waals surface area contributed by atoms with Crippen LogP contribution in [-0.4, -0.2) is 42.2 Å². The molecule has 4 heteroatoms. The molecule has 0 saturated heterocycles. The summed E-state index contributed by atoms with van der Waals surface area (Å²) in [6.45, 7) is 2.05. The molecule has 1 aromatic rings. The van der Waals surface area contributed by atoms with E-state index in [2.05, 4.69) is 5.32 Å². The Hall–Kier alpha value is -1.39. The first-order chi connectivity index (χ1) is 9.97. The molecule has 1 aliphatic rings. The lowest BCUT2D eigenvalue weighted by Crippen LogP contribution is -2.52. The molecule has 2 rings (SSSR count). The van der Waals surface area contributed by atoms with E-state index in [9.17, 15) is 9.90 Å². The summed E-state index contributed by atoms with van der Waals surface area (Å²) in [5, 5.41) is 12.8. The van der Waals surface area contributed by atoms with Gasteiger partial charge < -0.3 is 10.4 Å². The van der Waals surface area contributed by atoms with E-state index in [1.54, 1.807) is 0 Å². The number of benzene rings is 1. The van der Waals surface area contributed by atoms with Crippen LogP contribution in [0.5, 0.6) is 0 Å². The second-order valence-corrected chi connectivity index (χ2v) is 6.42. The molecule has 0 aromatic heterocycles. The van der Waals surface area contributed by atoms with E-state index in [1.165, 1.54) is 0 Å². The monoisotopic (exact) mass is 290 g/mol. The molecule has 0 heterocycles. The maximum Gasteiger partial charge on any atom is 0.242 e. The fraction of sp³-hybridized carbons (Fsp3) is 0.588. The molecule has 4 nitrogen and oxygen atoms in total. The van der Waals surface area contributed by atoms with Crippen LogP contribution in [0.4, 0.5) is 0 Å². The first-order valence-corrected chi connectivity index (χ1v) is 7.63. The highest BCUT2D eigenvalue weighted by atomic mass is 16.3. The van der Waals surface area contributed by atoms with Crippen LogP contribution in [-0.2, 0) is 4.79 Å². The van der Waals surface area contributed by atoms with Crippen molar-refractivity contribution in [2.45, 2.75) is 44.2 Å². The van der Waals surface area contributed by atoms with Crippen LogP contribution in [0.3, 0.4) is 0 Å². The highest BCUT2D eigenvalue weighted by Crippen LogP contribution is 2.30. The molecule has 1 amide bonds. The molecule has 0 bridgehead atoms. The molecular weight excluding hydrogens is 264 g/mol. The third-order valence-electron chi connectivity index (χ3n) is 4.37. The molecule has 0 aliphatic heterocycles. The van der Waals surface area contributed by atoms with Gasteiger partial charge in [-0.25, -0.2) is 0 Å². The molecule has 0 radical (unpaired) electrons. The fourth-order valence-electron chi connectivity index (χ4n) is 3.23. The van der Waals surface area contributed by atoms with Gasteiger partial charge in [0.25, 0.3) is 0 Å². The molecule has 116 valence electrons. The summed E-state index contributed by atoms with van der Waals surface area (Å²) >= 11 is 0. The maximum atomic E-state index is 12.8. The summed E-state index contributed by atoms with van der Waals surface area (Å²) in [7, 11) is 3.82. The molecule has 0 unspecified atom stereocenters. The van der Waals surface area contributed by atoms with Crippen molar-refractivity contribution in [2.24, 2.45) is 0 Å². The molecule has 0 spiro atoms. The molecule has 1 fully saturated rings. The van der Waals surface area contributed by atoms with Gasteiger partial charge in [-0.15, -0.1) is 0 Å². The summed E-state index contributed by atoms with van der Waals surface area (Å²) in [6.07, 6.45) is 3.86. The number of amides is 1. The first-order valence-electron chi connectivity index (χ1n) is 7.63. The molecule has 1 aromatic carbocycles. The number of nitrogens with one attached hydrogen (secondary N) is 1. The third-order valence-corrected chi connectivity index (χ3v) is 4.37. The first kappa shape index (κ1) is 16.0. The van der Waals surface area contributed by atoms with Crippen molar-refractivity contribution in [2.75, 3.05) is 20.7 Å². The van der Waals surface area contributed by atoms with E-state index < -0.39 is 5.54 Å². The van der Waals surface area contributed by atoms with Crippen molar-refractivity contribution in [3.63, 3.8) is 0 Å². The van der Waals surface area contributed by atoms with E-state index in [0.29, 0.717) is 0 Å². The predicted octanol–water partition coefficient (Wildman–Crippen LogP) is 2.02. The fourth-order valence-corrected chi connectivity index (χ4v) is 3.23. The minimum Gasteiger partial charge on any atom is -0.394 e. The van der Waals surface area contributed by atoms with E-state index in [-0.39, 0.29) is 18.6 Å². The standard InChI is InChI=1S/C17H26N2O2/c1-13-7-6-8-14(11-13)15(19(2)3)16(21)18-17(12-20)9-4-5-10-17/h6-8,11,15,20H,4-5,9-10,12H2,1-3H3,(H,18,21)/t15-/m0/s1. The van der Waals surface area contributed by atoms with E-state index in [4.69, 9.17) is 0 Å². The van der Waals surface area contributed by atoms with Crippen LogP contribution < -0.4 is 5.32 Å². The Labute approximate surface area is 127 Å². The number of rotatable bonds is 5. The molecule has 1 saturated carbocycles. The van der Waals surface area contributed by atoms with Crippen molar-refractivity contribution in [1.82, 2.24) is 10.2 Å². The Morgan fingerprint density at radius 2 is 2.05 bits per heavy atom. The lowest BCUT2D eigenvalue weighted by molar-refractivity contribution is -0.128. The smallest absolute Gasteiger partial charge is 0.242 e. The highest BCUT2D eigenvalue weighted by Gasteiger charge is 2.37. The summed E-state index contributed by atoms with van der Waals surface area (Å²) in [4.78, 5) is 14.7. The summed E-state index contributed by atoms with van der Waals surface area (Å²) in [6, 6.07) is 7.71. The molecule has 21 heavy (non-hydrogen) atoms. The number of hydrogen-bond acceptors (Lipinski definition) is 3. The quantitative estimate of drug-likeness (QED) is 0.872. The van der Waals surface area contributed by atoms with Crippen molar-refractivity contribution < 1.29 is 9.90 Å². The largest absolute Gasteiger partial charge is 0.394 e. The van der Waals surface area contributed by atoms with Gasteiger partial charge in [0.1, 0.15) is 6.04 Å². The molecule has 1 aliphatic carbocycles. The zero-order valence-electron chi connectivity index (χ0n) is 13.2. The predicted molar refractivity (Wildman–Crippen MR) is 84.0 cm³/mol. The summed E-state index contributed by atoms with van der Waals surface area (Å²) in [5.74, 6) is -0.0263. The Morgan fingerprint density at radius 1 is 1.38 bits per heavy atom. The topological polar surface area (TPSA) is 52.6 Å². The Balaban J connectivity index is 2.20. The molecule has 1 atom stereocenters. The highest BCUT2D eigenvalue weighted by molar-refractivity contribution is 5.84. The van der Waals surface area contributed by atoms with Crippen molar-refractivity contribution in [3.05, 3.63) is 35.4 Å². The number of nitrogens with zero attached hydrogens (tertiary/aromatic N) is 1. The van der Waals surface area contributed by atoms with Crippen LogP contribution in [0, 0.1) is 6.92 Å².